The number of carbonyl (C=O) groups excluding carboxylic acids is 1. The van der Waals surface area contributed by atoms with Crippen LogP contribution in [-0.4, -0.2) is 37.4 Å². The minimum Gasteiger partial charge on any atom is -0.496 e. The zero-order valence-corrected chi connectivity index (χ0v) is 14.0. The van der Waals surface area contributed by atoms with E-state index in [9.17, 15) is 4.79 Å². The highest BCUT2D eigenvalue weighted by molar-refractivity contribution is 6.31. The van der Waals surface area contributed by atoms with Gasteiger partial charge >= 0.3 is 0 Å². The average molecular weight is 310 g/mol. The third-order valence-electron chi connectivity index (χ3n) is 4.66. The molecule has 0 saturated heterocycles. The standard InChI is InChI=1S/C17H24ClNO2/c1-12-6-5-9-17(11-12,19(2)3)16(20)14-10-13(18)7-8-15(14)21-4/h7-8,10,12H,5-6,9,11H2,1-4H3. The fourth-order valence-electron chi connectivity index (χ4n) is 3.45. The number of rotatable bonds is 4. The quantitative estimate of drug-likeness (QED) is 0.786. The molecule has 1 saturated carbocycles. The topological polar surface area (TPSA) is 29.5 Å². The van der Waals surface area contributed by atoms with E-state index in [0.29, 0.717) is 22.3 Å². The van der Waals surface area contributed by atoms with Crippen molar-refractivity contribution in [3.8, 4) is 5.75 Å². The summed E-state index contributed by atoms with van der Waals surface area (Å²) >= 11 is 6.09. The summed E-state index contributed by atoms with van der Waals surface area (Å²) in [7, 11) is 5.58. The van der Waals surface area contributed by atoms with Crippen LogP contribution in [-0.2, 0) is 0 Å². The molecule has 0 bridgehead atoms. The maximum absolute atomic E-state index is 13.3. The van der Waals surface area contributed by atoms with Gasteiger partial charge in [0.25, 0.3) is 0 Å². The Morgan fingerprint density at radius 3 is 2.71 bits per heavy atom. The Kier molecular flexibility index (Phi) is 4.95. The van der Waals surface area contributed by atoms with Gasteiger partial charge in [-0.25, -0.2) is 0 Å². The van der Waals surface area contributed by atoms with E-state index in [0.717, 1.165) is 19.3 Å². The van der Waals surface area contributed by atoms with E-state index >= 15 is 0 Å². The predicted molar refractivity (Wildman–Crippen MR) is 86.4 cm³/mol. The summed E-state index contributed by atoms with van der Waals surface area (Å²) in [6, 6.07) is 5.25. The van der Waals surface area contributed by atoms with Crippen LogP contribution in [0.25, 0.3) is 0 Å². The van der Waals surface area contributed by atoms with Gasteiger partial charge in [-0.1, -0.05) is 31.4 Å². The maximum atomic E-state index is 13.3. The predicted octanol–water partition coefficient (Wildman–Crippen LogP) is 4.04. The van der Waals surface area contributed by atoms with Gasteiger partial charge in [0.05, 0.1) is 18.2 Å². The fraction of sp³-hybridized carbons (Fsp3) is 0.588. The van der Waals surface area contributed by atoms with Gasteiger partial charge in [0.15, 0.2) is 5.78 Å². The zero-order chi connectivity index (χ0) is 15.6. The summed E-state index contributed by atoms with van der Waals surface area (Å²) in [6.07, 6.45) is 4.04. The molecule has 2 unspecified atom stereocenters. The first kappa shape index (κ1) is 16.3. The summed E-state index contributed by atoms with van der Waals surface area (Å²) in [6.45, 7) is 2.22. The third-order valence-corrected chi connectivity index (χ3v) is 4.89. The first-order chi connectivity index (χ1) is 9.90. The Labute approximate surface area is 132 Å². The molecule has 1 aromatic rings. The molecule has 0 radical (unpaired) electrons. The third kappa shape index (κ3) is 3.09. The molecule has 0 aliphatic heterocycles. The Balaban J connectivity index is 2.46. The lowest BCUT2D eigenvalue weighted by atomic mass is 9.71. The molecular formula is C17H24ClNO2. The molecule has 1 aliphatic rings. The number of likely N-dealkylation sites (N-methyl/N-ethyl adjacent to an activating group) is 1. The molecule has 0 heterocycles. The van der Waals surface area contributed by atoms with Crippen LogP contribution in [0.1, 0.15) is 43.0 Å². The van der Waals surface area contributed by atoms with Crippen LogP contribution in [0.2, 0.25) is 5.02 Å². The molecule has 2 rings (SSSR count). The number of methoxy groups -OCH3 is 1. The lowest BCUT2D eigenvalue weighted by Crippen LogP contribution is -2.53. The normalized spacial score (nSPS) is 25.9. The lowest BCUT2D eigenvalue weighted by molar-refractivity contribution is 0.0483. The smallest absolute Gasteiger partial charge is 0.186 e. The number of Topliss-reactive ketones (excluding diaryl/α,β-unsaturated/α-hetero) is 1. The second-order valence-electron chi connectivity index (χ2n) is 6.30. The molecule has 0 amide bonds. The molecule has 21 heavy (non-hydrogen) atoms. The van der Waals surface area contributed by atoms with E-state index in [1.54, 1.807) is 25.3 Å². The summed E-state index contributed by atoms with van der Waals surface area (Å²) < 4.78 is 5.37. The van der Waals surface area contributed by atoms with Crippen LogP contribution in [0.5, 0.6) is 5.75 Å². The molecule has 4 heteroatoms. The highest BCUT2D eigenvalue weighted by Crippen LogP contribution is 2.40. The first-order valence-corrected chi connectivity index (χ1v) is 7.84. The van der Waals surface area contributed by atoms with Gasteiger partial charge in [0, 0.05) is 5.02 Å². The maximum Gasteiger partial charge on any atom is 0.186 e. The molecule has 1 aromatic carbocycles. The first-order valence-electron chi connectivity index (χ1n) is 7.46. The minimum absolute atomic E-state index is 0.124. The molecule has 3 nitrogen and oxygen atoms in total. The largest absolute Gasteiger partial charge is 0.496 e. The van der Waals surface area contributed by atoms with E-state index in [1.165, 1.54) is 6.42 Å². The van der Waals surface area contributed by atoms with Gasteiger partial charge in [-0.2, -0.15) is 0 Å². The summed E-state index contributed by atoms with van der Waals surface area (Å²) in [5, 5.41) is 0.567. The Bertz CT molecular complexity index is 530. The summed E-state index contributed by atoms with van der Waals surface area (Å²) in [4.78, 5) is 15.3. The van der Waals surface area contributed by atoms with Crippen LogP contribution >= 0.6 is 11.6 Å². The highest BCUT2D eigenvalue weighted by Gasteiger charge is 2.44. The monoisotopic (exact) mass is 309 g/mol. The Hall–Kier alpha value is -1.06. The van der Waals surface area contributed by atoms with Crippen LogP contribution in [0.15, 0.2) is 18.2 Å². The van der Waals surface area contributed by atoms with Crippen molar-refractivity contribution in [2.24, 2.45) is 5.92 Å². The van der Waals surface area contributed by atoms with E-state index in [1.807, 2.05) is 14.1 Å². The second-order valence-corrected chi connectivity index (χ2v) is 6.74. The highest BCUT2D eigenvalue weighted by atomic mass is 35.5. The van der Waals surface area contributed by atoms with Crippen molar-refractivity contribution in [3.63, 3.8) is 0 Å². The number of nitrogens with zero attached hydrogens (tertiary/aromatic N) is 1. The molecule has 116 valence electrons. The summed E-state index contributed by atoms with van der Waals surface area (Å²) in [5.41, 5.74) is 0.142. The van der Waals surface area contributed by atoms with Crippen molar-refractivity contribution in [3.05, 3.63) is 28.8 Å². The van der Waals surface area contributed by atoms with Crippen molar-refractivity contribution in [2.75, 3.05) is 21.2 Å². The molecule has 1 fully saturated rings. The number of ether oxygens (including phenoxy) is 1. The van der Waals surface area contributed by atoms with Gasteiger partial charge in [0.1, 0.15) is 5.75 Å². The van der Waals surface area contributed by atoms with Crippen LogP contribution in [0.3, 0.4) is 0 Å². The van der Waals surface area contributed by atoms with Crippen molar-refractivity contribution in [1.82, 2.24) is 4.90 Å². The molecular weight excluding hydrogens is 286 g/mol. The van der Waals surface area contributed by atoms with Crippen molar-refractivity contribution < 1.29 is 9.53 Å². The van der Waals surface area contributed by atoms with E-state index in [-0.39, 0.29) is 5.78 Å². The Morgan fingerprint density at radius 2 is 2.14 bits per heavy atom. The van der Waals surface area contributed by atoms with Crippen LogP contribution < -0.4 is 4.74 Å². The number of hydrogen-bond donors (Lipinski definition) is 0. The van der Waals surface area contributed by atoms with Gasteiger partial charge in [-0.05, 0) is 51.1 Å². The number of halogens is 1. The van der Waals surface area contributed by atoms with Crippen LogP contribution in [0, 0.1) is 5.92 Å². The van der Waals surface area contributed by atoms with Crippen molar-refractivity contribution in [1.29, 1.82) is 0 Å². The Morgan fingerprint density at radius 1 is 1.43 bits per heavy atom. The van der Waals surface area contributed by atoms with Crippen molar-refractivity contribution in [2.45, 2.75) is 38.1 Å². The van der Waals surface area contributed by atoms with E-state index < -0.39 is 5.54 Å². The molecule has 0 spiro atoms. The van der Waals surface area contributed by atoms with Crippen LogP contribution in [0.4, 0.5) is 0 Å². The number of benzene rings is 1. The molecule has 0 N–H and O–H groups in total. The van der Waals surface area contributed by atoms with Gasteiger partial charge in [-0.3, -0.25) is 9.69 Å². The minimum atomic E-state index is -0.449. The van der Waals surface area contributed by atoms with Gasteiger partial charge in [0.2, 0.25) is 0 Å². The van der Waals surface area contributed by atoms with E-state index in [4.69, 9.17) is 16.3 Å². The van der Waals surface area contributed by atoms with Gasteiger partial charge in [-0.15, -0.1) is 0 Å². The molecule has 2 atom stereocenters. The van der Waals surface area contributed by atoms with Gasteiger partial charge < -0.3 is 4.74 Å². The summed E-state index contributed by atoms with van der Waals surface area (Å²) in [5.74, 6) is 1.28. The molecule has 0 aromatic heterocycles. The number of ketones is 1. The van der Waals surface area contributed by atoms with E-state index in [2.05, 4.69) is 11.8 Å². The second kappa shape index (κ2) is 6.37. The lowest BCUT2D eigenvalue weighted by Gasteiger charge is -2.44. The average Bonchev–Trinajstić information content (AvgIpc) is 2.46. The number of carbonyl (C=O) groups is 1. The molecule has 1 aliphatic carbocycles. The SMILES string of the molecule is COc1ccc(Cl)cc1C(=O)C1(N(C)C)CCCC(C)C1. The van der Waals surface area contributed by atoms with Crippen molar-refractivity contribution >= 4 is 17.4 Å². The zero-order valence-electron chi connectivity index (χ0n) is 13.3. The fourth-order valence-corrected chi connectivity index (χ4v) is 3.62. The number of hydrogen-bond acceptors (Lipinski definition) is 3.